The number of hydrogen-bond donors (Lipinski definition) is 6. The molecule has 4 aromatic carbocycles. The third kappa shape index (κ3) is 13.3. The van der Waals surface area contributed by atoms with E-state index in [1.54, 1.807) is 19.1 Å². The average molecular weight is 800 g/mol. The highest BCUT2D eigenvalue weighted by molar-refractivity contribution is 7.09. The third-order valence-electron chi connectivity index (χ3n) is 9.61. The van der Waals surface area contributed by atoms with Crippen molar-refractivity contribution in [2.24, 2.45) is 11.7 Å². The van der Waals surface area contributed by atoms with Gasteiger partial charge in [0.15, 0.2) is 0 Å². The minimum Gasteiger partial charge on any atom is -0.511 e. The first kappa shape index (κ1) is 42.6. The molecule has 1 aromatic heterocycles. The Bertz CT molecular complexity index is 2140. The van der Waals surface area contributed by atoms with Crippen LogP contribution in [-0.4, -0.2) is 52.8 Å². The van der Waals surface area contributed by atoms with Gasteiger partial charge < -0.3 is 32.1 Å². The molecule has 0 saturated carbocycles. The summed E-state index contributed by atoms with van der Waals surface area (Å²) >= 11 is 1.43. The Morgan fingerprint density at radius 2 is 1.16 bits per heavy atom. The van der Waals surface area contributed by atoms with Crippen LogP contribution < -0.4 is 27.0 Å². The van der Waals surface area contributed by atoms with Gasteiger partial charge in [-0.2, -0.15) is 0 Å². The van der Waals surface area contributed by atoms with E-state index in [-0.39, 0.29) is 37.3 Å². The zero-order chi connectivity index (χ0) is 41.4. The molecular formula is C46H49N5O6S. The van der Waals surface area contributed by atoms with Gasteiger partial charge in [-0.15, -0.1) is 11.3 Å². The lowest BCUT2D eigenvalue weighted by molar-refractivity contribution is -0.131. The van der Waals surface area contributed by atoms with E-state index < -0.39 is 47.7 Å². The fraction of sp³-hybridized carbons (Fsp3) is 0.239. The molecule has 300 valence electrons. The number of aliphatic hydroxyl groups is 1. The number of primary amides is 1. The topological polar surface area (TPSA) is 180 Å². The summed E-state index contributed by atoms with van der Waals surface area (Å²) in [6.45, 7) is 5.42. The second kappa shape index (κ2) is 21.1. The zero-order valence-corrected chi connectivity index (χ0v) is 33.2. The molecule has 1 heterocycles. The first-order valence-electron chi connectivity index (χ1n) is 19.1. The molecule has 0 fully saturated rings. The van der Waals surface area contributed by atoms with Crippen molar-refractivity contribution in [2.75, 3.05) is 5.32 Å². The van der Waals surface area contributed by atoms with Crippen LogP contribution in [0.2, 0.25) is 0 Å². The van der Waals surface area contributed by atoms with Gasteiger partial charge in [0, 0.05) is 42.2 Å². The van der Waals surface area contributed by atoms with Crippen LogP contribution in [-0.2, 0) is 49.7 Å². The van der Waals surface area contributed by atoms with Gasteiger partial charge in [-0.05, 0) is 64.2 Å². The largest absolute Gasteiger partial charge is 0.511 e. The highest BCUT2D eigenvalue weighted by Gasteiger charge is 2.27. The molecule has 5 rings (SSSR count). The molecule has 11 nitrogen and oxygen atoms in total. The number of benzene rings is 4. The van der Waals surface area contributed by atoms with Crippen LogP contribution in [0.25, 0.3) is 11.1 Å². The molecule has 1 unspecified atom stereocenters. The van der Waals surface area contributed by atoms with Gasteiger partial charge in [0.2, 0.25) is 29.5 Å². The predicted octanol–water partition coefficient (Wildman–Crippen LogP) is 6.05. The predicted molar refractivity (Wildman–Crippen MR) is 228 cm³/mol. The van der Waals surface area contributed by atoms with E-state index in [0.717, 1.165) is 32.7 Å². The van der Waals surface area contributed by atoms with Crippen molar-refractivity contribution in [3.63, 3.8) is 0 Å². The van der Waals surface area contributed by atoms with Gasteiger partial charge in [-0.25, -0.2) is 0 Å². The van der Waals surface area contributed by atoms with Gasteiger partial charge in [-0.1, -0.05) is 117 Å². The molecule has 0 aliphatic heterocycles. The van der Waals surface area contributed by atoms with Crippen LogP contribution in [0.1, 0.15) is 41.3 Å². The molecule has 4 atom stereocenters. The maximum Gasteiger partial charge on any atom is 0.243 e. The summed E-state index contributed by atoms with van der Waals surface area (Å²) in [5.41, 5.74) is 10.9. The number of carbonyl (C=O) groups is 5. The Labute approximate surface area is 342 Å². The van der Waals surface area contributed by atoms with Crippen molar-refractivity contribution in [2.45, 2.75) is 63.6 Å². The number of amides is 5. The number of anilines is 1. The van der Waals surface area contributed by atoms with Crippen LogP contribution in [0.4, 0.5) is 5.69 Å². The van der Waals surface area contributed by atoms with E-state index >= 15 is 0 Å². The van der Waals surface area contributed by atoms with Crippen LogP contribution in [0.15, 0.2) is 139 Å². The van der Waals surface area contributed by atoms with Gasteiger partial charge in [0.05, 0.1) is 6.04 Å². The number of aliphatic hydroxyl groups excluding tert-OH is 1. The van der Waals surface area contributed by atoms with E-state index in [0.29, 0.717) is 18.5 Å². The van der Waals surface area contributed by atoms with Crippen molar-refractivity contribution in [3.8, 4) is 11.1 Å². The molecule has 0 spiro atoms. The van der Waals surface area contributed by atoms with Crippen molar-refractivity contribution < 1.29 is 29.1 Å². The zero-order valence-electron chi connectivity index (χ0n) is 32.4. The lowest BCUT2D eigenvalue weighted by atomic mass is 9.98. The maximum absolute atomic E-state index is 13.6. The lowest BCUT2D eigenvalue weighted by Gasteiger charge is -2.22. The van der Waals surface area contributed by atoms with Gasteiger partial charge in [-0.3, -0.25) is 24.0 Å². The summed E-state index contributed by atoms with van der Waals surface area (Å²) in [5.74, 6) is -2.90. The summed E-state index contributed by atoms with van der Waals surface area (Å²) in [4.78, 5) is 65.8. The van der Waals surface area contributed by atoms with Crippen LogP contribution in [0.3, 0.4) is 0 Å². The van der Waals surface area contributed by atoms with E-state index in [1.807, 2.05) is 115 Å². The summed E-state index contributed by atoms with van der Waals surface area (Å²) in [6.07, 6.45) is 0.890. The second-order valence-corrected chi connectivity index (χ2v) is 15.3. The lowest BCUT2D eigenvalue weighted by Crippen LogP contribution is -2.54. The first-order valence-corrected chi connectivity index (χ1v) is 20.0. The molecule has 7 N–H and O–H groups in total. The van der Waals surface area contributed by atoms with Gasteiger partial charge in [0.1, 0.15) is 17.8 Å². The Kier molecular flexibility index (Phi) is 15.5. The van der Waals surface area contributed by atoms with Gasteiger partial charge in [0.25, 0.3) is 0 Å². The Morgan fingerprint density at radius 3 is 1.78 bits per heavy atom. The third-order valence-corrected chi connectivity index (χ3v) is 10.5. The molecule has 0 radical (unpaired) electrons. The number of nitrogens with one attached hydrogen (secondary N) is 4. The van der Waals surface area contributed by atoms with Crippen LogP contribution >= 0.6 is 11.3 Å². The molecule has 5 amide bonds. The molecule has 0 aliphatic carbocycles. The normalized spacial score (nSPS) is 12.9. The first-order chi connectivity index (χ1) is 27.9. The Morgan fingerprint density at radius 1 is 0.603 bits per heavy atom. The summed E-state index contributed by atoms with van der Waals surface area (Å²) in [7, 11) is 0. The molecular weight excluding hydrogens is 751 g/mol. The fourth-order valence-corrected chi connectivity index (χ4v) is 7.09. The van der Waals surface area contributed by atoms with Crippen molar-refractivity contribution in [1.82, 2.24) is 16.0 Å². The summed E-state index contributed by atoms with van der Waals surface area (Å²) < 4.78 is 0. The quantitative estimate of drug-likeness (QED) is 0.0522. The standard InChI is InChI=1S/C46H49N5O6S/c1-30(45(56)50-39(31(2)52)27-32-10-5-3-6-11-32)26-33-17-21-37(22-18-33)48-42(53)23-24-43(54)49-41(29-38-14-9-25-58-38)46(57)51-40(44(47)55)28-34-15-19-36(20-16-34)35-12-7-4-8-13-35/h3-22,25,30,39-41,52H,2,23-24,26-29H2,1H3,(H2,47,55)(H,48,53)(H,49,54)(H,50,56)(H,51,57)/t30?,39-,40-,41+/m0/s1. The fourth-order valence-electron chi connectivity index (χ4n) is 6.34. The second-order valence-electron chi connectivity index (χ2n) is 14.2. The molecule has 0 saturated heterocycles. The molecule has 0 bridgehead atoms. The van der Waals surface area contributed by atoms with Crippen molar-refractivity contribution in [3.05, 3.63) is 161 Å². The molecule has 5 aromatic rings. The highest BCUT2D eigenvalue weighted by atomic mass is 32.1. The molecule has 58 heavy (non-hydrogen) atoms. The number of rotatable bonds is 20. The van der Waals surface area contributed by atoms with Crippen molar-refractivity contribution in [1.29, 1.82) is 0 Å². The molecule has 12 heteroatoms. The Hall–Kier alpha value is -6.53. The van der Waals surface area contributed by atoms with Crippen LogP contribution in [0, 0.1) is 5.92 Å². The van der Waals surface area contributed by atoms with E-state index in [1.165, 1.54) is 11.3 Å². The van der Waals surface area contributed by atoms with E-state index in [9.17, 15) is 29.1 Å². The highest BCUT2D eigenvalue weighted by Crippen LogP contribution is 2.20. The monoisotopic (exact) mass is 799 g/mol. The van der Waals surface area contributed by atoms with Crippen LogP contribution in [0.5, 0.6) is 0 Å². The summed E-state index contributed by atoms with van der Waals surface area (Å²) in [5, 5.41) is 23.1. The summed E-state index contributed by atoms with van der Waals surface area (Å²) in [6, 6.07) is 35.2. The minimum atomic E-state index is -1.01. The minimum absolute atomic E-state index is 0.114. The number of hydrogen-bond acceptors (Lipinski definition) is 7. The Balaban J connectivity index is 1.10. The number of carbonyl (C=O) groups excluding carboxylic acids is 5. The smallest absolute Gasteiger partial charge is 0.243 e. The average Bonchev–Trinajstić information content (AvgIpc) is 3.74. The van der Waals surface area contributed by atoms with E-state index in [4.69, 9.17) is 5.73 Å². The number of thiophene rings is 1. The van der Waals surface area contributed by atoms with Gasteiger partial charge >= 0.3 is 0 Å². The SMILES string of the molecule is C=C(O)[C@H](Cc1ccccc1)NC(=O)C(C)Cc1ccc(NC(=O)CCC(=O)N[C@H](Cc2cccs2)C(=O)N[C@@H](Cc2ccc(-c3ccccc3)cc2)C(N)=O)cc1. The maximum atomic E-state index is 13.6. The van der Waals surface area contributed by atoms with E-state index in [2.05, 4.69) is 27.8 Å². The van der Waals surface area contributed by atoms with Crippen molar-refractivity contribution >= 4 is 46.6 Å². The number of nitrogens with two attached hydrogens (primary N) is 1. The molecule has 0 aliphatic rings.